The van der Waals surface area contributed by atoms with E-state index in [4.69, 9.17) is 4.74 Å². The molecule has 2 N–H and O–H groups in total. The number of H-pyrrole nitrogens is 1. The van der Waals surface area contributed by atoms with Crippen LogP contribution in [0.4, 0.5) is 10.2 Å². The zero-order valence-electron chi connectivity index (χ0n) is 15.9. The third-order valence-electron chi connectivity index (χ3n) is 5.14. The summed E-state index contributed by atoms with van der Waals surface area (Å²) in [6, 6.07) is 12.2. The summed E-state index contributed by atoms with van der Waals surface area (Å²) in [4.78, 5) is 26.4. The fourth-order valence-corrected chi connectivity index (χ4v) is 3.56. The van der Waals surface area contributed by atoms with Crippen LogP contribution in [0.1, 0.15) is 12.0 Å². The van der Waals surface area contributed by atoms with Gasteiger partial charge in [-0.1, -0.05) is 18.2 Å². The molecule has 1 aromatic heterocycles. The van der Waals surface area contributed by atoms with Crippen molar-refractivity contribution in [1.29, 1.82) is 0 Å². The van der Waals surface area contributed by atoms with E-state index in [0.717, 1.165) is 11.3 Å². The number of nitrogens with one attached hydrogen (secondary N) is 2. The lowest BCUT2D eigenvalue weighted by Gasteiger charge is -2.14. The SMILES string of the molecule is COc1ccc(CCNC(=O)[C@@H]2CC(=O)N(c3n[nH]c4cccc(F)c34)C2)cc1. The maximum atomic E-state index is 14.2. The van der Waals surface area contributed by atoms with Gasteiger partial charge in [0.15, 0.2) is 5.82 Å². The molecule has 1 aliphatic rings. The van der Waals surface area contributed by atoms with Crippen molar-refractivity contribution in [3.63, 3.8) is 0 Å². The number of aromatic amines is 1. The van der Waals surface area contributed by atoms with Gasteiger partial charge in [0.05, 0.1) is 23.9 Å². The van der Waals surface area contributed by atoms with Crippen molar-refractivity contribution in [2.75, 3.05) is 25.1 Å². The van der Waals surface area contributed by atoms with Gasteiger partial charge in [0.2, 0.25) is 11.8 Å². The van der Waals surface area contributed by atoms with Gasteiger partial charge in [0.1, 0.15) is 11.6 Å². The largest absolute Gasteiger partial charge is 0.497 e. The number of rotatable bonds is 6. The summed E-state index contributed by atoms with van der Waals surface area (Å²) >= 11 is 0. The molecule has 2 amide bonds. The number of methoxy groups -OCH3 is 1. The van der Waals surface area contributed by atoms with Crippen molar-refractivity contribution >= 4 is 28.5 Å². The monoisotopic (exact) mass is 396 g/mol. The summed E-state index contributed by atoms with van der Waals surface area (Å²) in [5, 5.41) is 9.98. The van der Waals surface area contributed by atoms with Crippen LogP contribution < -0.4 is 15.0 Å². The Labute approximate surface area is 166 Å². The summed E-state index contributed by atoms with van der Waals surface area (Å²) in [6.45, 7) is 0.650. The van der Waals surface area contributed by atoms with Gasteiger partial charge >= 0.3 is 0 Å². The van der Waals surface area contributed by atoms with E-state index in [0.29, 0.717) is 18.5 Å². The Balaban J connectivity index is 1.37. The normalized spacial score (nSPS) is 16.4. The second kappa shape index (κ2) is 7.90. The highest BCUT2D eigenvalue weighted by Crippen LogP contribution is 2.31. The molecule has 0 bridgehead atoms. The van der Waals surface area contributed by atoms with Crippen molar-refractivity contribution in [2.24, 2.45) is 5.92 Å². The minimum Gasteiger partial charge on any atom is -0.497 e. The molecule has 4 rings (SSSR count). The molecule has 2 heterocycles. The highest BCUT2D eigenvalue weighted by atomic mass is 19.1. The van der Waals surface area contributed by atoms with Crippen LogP contribution in [-0.2, 0) is 16.0 Å². The molecule has 0 unspecified atom stereocenters. The molecular weight excluding hydrogens is 375 g/mol. The van der Waals surface area contributed by atoms with Crippen LogP contribution in [0.2, 0.25) is 0 Å². The van der Waals surface area contributed by atoms with Gasteiger partial charge in [0.25, 0.3) is 0 Å². The third-order valence-corrected chi connectivity index (χ3v) is 5.14. The number of benzene rings is 2. The molecule has 1 aliphatic heterocycles. The smallest absolute Gasteiger partial charge is 0.229 e. The predicted molar refractivity (Wildman–Crippen MR) is 106 cm³/mol. The van der Waals surface area contributed by atoms with Crippen molar-refractivity contribution < 1.29 is 18.7 Å². The number of nitrogens with zero attached hydrogens (tertiary/aromatic N) is 2. The summed E-state index contributed by atoms with van der Waals surface area (Å²) in [5.74, 6) is -0.351. The van der Waals surface area contributed by atoms with Gasteiger partial charge < -0.3 is 10.1 Å². The summed E-state index contributed by atoms with van der Waals surface area (Å²) in [5.41, 5.74) is 1.59. The average Bonchev–Trinajstić information content (AvgIpc) is 3.32. The lowest BCUT2D eigenvalue weighted by Crippen LogP contribution is -2.34. The number of amides is 2. The van der Waals surface area contributed by atoms with E-state index in [1.165, 1.54) is 11.0 Å². The molecule has 0 aliphatic carbocycles. The molecule has 1 fully saturated rings. The molecule has 8 heteroatoms. The Morgan fingerprint density at radius 3 is 2.86 bits per heavy atom. The zero-order valence-corrected chi connectivity index (χ0v) is 15.9. The van der Waals surface area contributed by atoms with Crippen LogP contribution in [0.25, 0.3) is 10.9 Å². The lowest BCUT2D eigenvalue weighted by atomic mass is 10.1. The maximum absolute atomic E-state index is 14.2. The highest BCUT2D eigenvalue weighted by molar-refractivity contribution is 6.05. The number of anilines is 1. The first-order valence-corrected chi connectivity index (χ1v) is 9.40. The van der Waals surface area contributed by atoms with Crippen molar-refractivity contribution in [2.45, 2.75) is 12.8 Å². The number of carbonyl (C=O) groups excluding carboxylic acids is 2. The Hall–Kier alpha value is -3.42. The molecule has 0 radical (unpaired) electrons. The van der Waals surface area contributed by atoms with Gasteiger partial charge in [-0.15, -0.1) is 0 Å². The quantitative estimate of drug-likeness (QED) is 0.670. The molecule has 1 atom stereocenters. The van der Waals surface area contributed by atoms with Gasteiger partial charge in [-0.05, 0) is 36.2 Å². The van der Waals surface area contributed by atoms with Crippen molar-refractivity contribution in [3.8, 4) is 5.75 Å². The van der Waals surface area contributed by atoms with Crippen LogP contribution in [0, 0.1) is 11.7 Å². The second-order valence-electron chi connectivity index (χ2n) is 7.00. The van der Waals surface area contributed by atoms with E-state index in [9.17, 15) is 14.0 Å². The van der Waals surface area contributed by atoms with Crippen molar-refractivity contribution in [1.82, 2.24) is 15.5 Å². The van der Waals surface area contributed by atoms with Gasteiger partial charge in [-0.2, -0.15) is 5.10 Å². The predicted octanol–water partition coefficient (Wildman–Crippen LogP) is 2.42. The topological polar surface area (TPSA) is 87.3 Å². The summed E-state index contributed by atoms with van der Waals surface area (Å²) in [7, 11) is 1.61. The summed E-state index contributed by atoms with van der Waals surface area (Å²) < 4.78 is 19.3. The standard InChI is InChI=1S/C21H21FN4O3/c1-29-15-7-5-13(6-8-15)9-10-23-21(28)14-11-18(27)26(12-14)20-19-16(22)3-2-4-17(19)24-25-20/h2-8,14H,9-12H2,1H3,(H,23,28)(H,24,25)/t14-/m1/s1. The number of fused-ring (bicyclic) bond motifs is 1. The van der Waals surface area contributed by atoms with E-state index >= 15 is 0 Å². The molecule has 0 spiro atoms. The molecule has 2 aromatic carbocycles. The molecule has 29 heavy (non-hydrogen) atoms. The zero-order chi connectivity index (χ0) is 20.4. The van der Waals surface area contributed by atoms with Gasteiger partial charge in [0, 0.05) is 19.5 Å². The van der Waals surface area contributed by atoms with Crippen LogP contribution >= 0.6 is 0 Å². The minimum absolute atomic E-state index is 0.0805. The number of hydrogen-bond acceptors (Lipinski definition) is 4. The van der Waals surface area contributed by atoms with Gasteiger partial charge in [-0.3, -0.25) is 19.6 Å². The third kappa shape index (κ3) is 3.78. The van der Waals surface area contributed by atoms with Crippen LogP contribution in [0.3, 0.4) is 0 Å². The molecule has 7 nitrogen and oxygen atoms in total. The van der Waals surface area contributed by atoms with Gasteiger partial charge in [-0.25, -0.2) is 4.39 Å². The Morgan fingerprint density at radius 1 is 1.31 bits per heavy atom. The fraction of sp³-hybridized carbons (Fsp3) is 0.286. The van der Waals surface area contributed by atoms with E-state index in [1.54, 1.807) is 19.2 Å². The highest BCUT2D eigenvalue weighted by Gasteiger charge is 2.37. The molecule has 150 valence electrons. The maximum Gasteiger partial charge on any atom is 0.229 e. The average molecular weight is 396 g/mol. The second-order valence-corrected chi connectivity index (χ2v) is 7.00. The minimum atomic E-state index is -0.489. The number of aromatic nitrogens is 2. The number of ether oxygens (including phenoxy) is 1. The molecule has 0 saturated carbocycles. The first-order valence-electron chi connectivity index (χ1n) is 9.40. The van der Waals surface area contributed by atoms with Crippen LogP contribution in [0.5, 0.6) is 5.75 Å². The molecular formula is C21H21FN4O3. The van der Waals surface area contributed by atoms with Crippen molar-refractivity contribution in [3.05, 3.63) is 53.8 Å². The molecule has 1 saturated heterocycles. The lowest BCUT2D eigenvalue weighted by molar-refractivity contribution is -0.126. The first kappa shape index (κ1) is 18.9. The van der Waals surface area contributed by atoms with E-state index < -0.39 is 11.7 Å². The van der Waals surface area contributed by atoms with Crippen LogP contribution in [-0.4, -0.2) is 42.2 Å². The Bertz CT molecular complexity index is 1050. The van der Waals surface area contributed by atoms with Crippen LogP contribution in [0.15, 0.2) is 42.5 Å². The van der Waals surface area contributed by atoms with E-state index in [2.05, 4.69) is 15.5 Å². The van der Waals surface area contributed by atoms with E-state index in [-0.39, 0.29) is 36.0 Å². The number of halogens is 1. The fourth-order valence-electron chi connectivity index (χ4n) is 3.56. The number of carbonyl (C=O) groups is 2. The number of hydrogen-bond donors (Lipinski definition) is 2. The first-order chi connectivity index (χ1) is 14.1. The van der Waals surface area contributed by atoms with E-state index in [1.807, 2.05) is 24.3 Å². The molecule has 3 aromatic rings. The summed E-state index contributed by atoms with van der Waals surface area (Å²) in [6.07, 6.45) is 0.756. The Kier molecular flexibility index (Phi) is 5.16. The Morgan fingerprint density at radius 2 is 2.10 bits per heavy atom.